The van der Waals surface area contributed by atoms with Crippen molar-refractivity contribution in [1.82, 2.24) is 5.43 Å². The van der Waals surface area contributed by atoms with Gasteiger partial charge >= 0.3 is 6.18 Å². The molecule has 0 saturated heterocycles. The van der Waals surface area contributed by atoms with Crippen LogP contribution in [0.5, 0.6) is 11.5 Å². The summed E-state index contributed by atoms with van der Waals surface area (Å²) in [6.45, 7) is 0. The van der Waals surface area contributed by atoms with Crippen LogP contribution in [0.3, 0.4) is 0 Å². The Kier molecular flexibility index (Phi) is 5.68. The first-order chi connectivity index (χ1) is 11.7. The summed E-state index contributed by atoms with van der Waals surface area (Å²) in [4.78, 5) is 11.9. The number of amides is 1. The first-order valence-electron chi connectivity index (χ1n) is 6.79. The van der Waals surface area contributed by atoms with E-state index >= 15 is 0 Å². The zero-order chi connectivity index (χ0) is 18.6. The number of phenolic OH excluding ortho intramolecular Hbond substituents is 1. The number of benzene rings is 2. The summed E-state index contributed by atoms with van der Waals surface area (Å²) in [5.41, 5.74) is 1.54. The van der Waals surface area contributed by atoms with Crippen LogP contribution >= 0.6 is 15.9 Å². The number of nitrogens with one attached hydrogen (secondary N) is 1. The van der Waals surface area contributed by atoms with Gasteiger partial charge in [-0.25, -0.2) is 5.43 Å². The van der Waals surface area contributed by atoms with Crippen molar-refractivity contribution in [3.05, 3.63) is 57.6 Å². The summed E-state index contributed by atoms with van der Waals surface area (Å²) in [7, 11) is 1.37. The van der Waals surface area contributed by atoms with Crippen LogP contribution < -0.4 is 10.2 Å². The maximum Gasteiger partial charge on any atom is 0.416 e. The second-order valence-corrected chi connectivity index (χ2v) is 5.68. The monoisotopic (exact) mass is 416 g/mol. The Bertz CT molecular complexity index is 823. The second kappa shape index (κ2) is 7.56. The van der Waals surface area contributed by atoms with Crippen molar-refractivity contribution in [2.45, 2.75) is 6.18 Å². The molecule has 1 amide bonds. The number of methoxy groups -OCH3 is 1. The summed E-state index contributed by atoms with van der Waals surface area (Å²) in [6.07, 6.45) is -3.27. The Balaban J connectivity index is 2.14. The molecule has 0 saturated carbocycles. The number of halogens is 4. The number of hydrogen-bond donors (Lipinski definition) is 2. The highest BCUT2D eigenvalue weighted by Crippen LogP contribution is 2.31. The molecule has 0 atom stereocenters. The Morgan fingerprint density at radius 1 is 1.32 bits per heavy atom. The minimum Gasteiger partial charge on any atom is -0.504 e. The van der Waals surface area contributed by atoms with Crippen LogP contribution in [-0.4, -0.2) is 24.3 Å². The van der Waals surface area contributed by atoms with Crippen molar-refractivity contribution >= 4 is 28.1 Å². The Morgan fingerprint density at radius 3 is 2.68 bits per heavy atom. The van der Waals surface area contributed by atoms with E-state index in [-0.39, 0.29) is 17.1 Å². The summed E-state index contributed by atoms with van der Waals surface area (Å²) in [5, 5.41) is 13.3. The van der Waals surface area contributed by atoms with Gasteiger partial charge in [0.25, 0.3) is 5.91 Å². The molecule has 0 bridgehead atoms. The predicted molar refractivity (Wildman–Crippen MR) is 88.9 cm³/mol. The number of alkyl halides is 3. The van der Waals surface area contributed by atoms with Gasteiger partial charge in [0.2, 0.25) is 0 Å². The quantitative estimate of drug-likeness (QED) is 0.585. The maximum atomic E-state index is 12.7. The molecule has 0 aliphatic heterocycles. The molecule has 5 nitrogen and oxygen atoms in total. The number of carbonyl (C=O) groups excluding carboxylic acids is 1. The first kappa shape index (κ1) is 18.8. The minimum atomic E-state index is -4.53. The Morgan fingerprint density at radius 2 is 2.04 bits per heavy atom. The van der Waals surface area contributed by atoms with Crippen LogP contribution in [-0.2, 0) is 6.18 Å². The number of hydrogen-bond acceptors (Lipinski definition) is 4. The highest BCUT2D eigenvalue weighted by atomic mass is 79.9. The van der Waals surface area contributed by atoms with Crippen LogP contribution in [0.15, 0.2) is 46.0 Å². The summed E-state index contributed by atoms with van der Waals surface area (Å²) in [5.74, 6) is -0.669. The molecule has 0 heterocycles. The van der Waals surface area contributed by atoms with Crippen molar-refractivity contribution < 1.29 is 27.8 Å². The lowest BCUT2D eigenvalue weighted by Gasteiger charge is -2.08. The fraction of sp³-hybridized carbons (Fsp3) is 0.125. The molecule has 2 rings (SSSR count). The highest BCUT2D eigenvalue weighted by molar-refractivity contribution is 9.10. The molecule has 2 N–H and O–H groups in total. The standard InChI is InChI=1S/C16H12BrF3N2O3/c1-25-14-6-10(12(17)7-13(14)23)8-21-22-15(24)9-3-2-4-11(5-9)16(18,19)20/h2-8,23H,1H3,(H,22,24). The molecular formula is C16H12BrF3N2O3. The molecule has 0 unspecified atom stereocenters. The van der Waals surface area contributed by atoms with Crippen LogP contribution in [0.4, 0.5) is 13.2 Å². The molecule has 2 aromatic carbocycles. The van der Waals surface area contributed by atoms with E-state index in [1.807, 2.05) is 0 Å². The van der Waals surface area contributed by atoms with Gasteiger partial charge in [-0.2, -0.15) is 18.3 Å². The van der Waals surface area contributed by atoms with Crippen LogP contribution in [0.1, 0.15) is 21.5 Å². The molecule has 2 aromatic rings. The molecule has 0 spiro atoms. The molecule has 25 heavy (non-hydrogen) atoms. The van der Waals surface area contributed by atoms with E-state index in [0.717, 1.165) is 18.2 Å². The number of phenols is 1. The molecule has 9 heteroatoms. The lowest BCUT2D eigenvalue weighted by atomic mass is 10.1. The number of hydrazone groups is 1. The third kappa shape index (κ3) is 4.72. The molecule has 132 valence electrons. The van der Waals surface area contributed by atoms with Crippen molar-refractivity contribution in [3.8, 4) is 11.5 Å². The zero-order valence-electron chi connectivity index (χ0n) is 12.8. The van der Waals surface area contributed by atoms with Gasteiger partial charge in [0, 0.05) is 15.6 Å². The highest BCUT2D eigenvalue weighted by Gasteiger charge is 2.30. The van der Waals surface area contributed by atoms with E-state index in [1.165, 1.54) is 31.5 Å². The number of ether oxygens (including phenoxy) is 1. The van der Waals surface area contributed by atoms with Gasteiger partial charge in [-0.05, 0) is 46.3 Å². The lowest BCUT2D eigenvalue weighted by Crippen LogP contribution is -2.18. The Labute approximate surface area is 149 Å². The first-order valence-corrected chi connectivity index (χ1v) is 7.59. The van der Waals surface area contributed by atoms with Crippen molar-refractivity contribution in [1.29, 1.82) is 0 Å². The molecule has 0 aliphatic rings. The van der Waals surface area contributed by atoms with E-state index < -0.39 is 17.6 Å². The average molecular weight is 417 g/mol. The van der Waals surface area contributed by atoms with E-state index in [9.17, 15) is 23.1 Å². The van der Waals surface area contributed by atoms with Crippen LogP contribution in [0.25, 0.3) is 0 Å². The summed E-state index contributed by atoms with van der Waals surface area (Å²) < 4.78 is 43.4. The molecule has 0 aromatic heterocycles. The third-order valence-electron chi connectivity index (χ3n) is 3.12. The summed E-state index contributed by atoms with van der Waals surface area (Å²) in [6, 6.07) is 6.86. The van der Waals surface area contributed by atoms with E-state index in [0.29, 0.717) is 10.0 Å². The average Bonchev–Trinajstić information content (AvgIpc) is 2.56. The fourth-order valence-electron chi connectivity index (χ4n) is 1.88. The number of rotatable bonds is 4. The maximum absolute atomic E-state index is 12.7. The van der Waals surface area contributed by atoms with Crippen LogP contribution in [0.2, 0.25) is 0 Å². The van der Waals surface area contributed by atoms with Gasteiger partial charge in [0.1, 0.15) is 0 Å². The van der Waals surface area contributed by atoms with Crippen molar-refractivity contribution in [2.75, 3.05) is 7.11 Å². The molecule has 0 aliphatic carbocycles. The van der Waals surface area contributed by atoms with E-state index in [1.54, 1.807) is 0 Å². The van der Waals surface area contributed by atoms with E-state index in [2.05, 4.69) is 26.5 Å². The minimum absolute atomic E-state index is 0.0838. The fourth-order valence-corrected chi connectivity index (χ4v) is 2.32. The largest absolute Gasteiger partial charge is 0.504 e. The van der Waals surface area contributed by atoms with Gasteiger partial charge in [-0.15, -0.1) is 0 Å². The Hall–Kier alpha value is -2.55. The molecular weight excluding hydrogens is 405 g/mol. The van der Waals surface area contributed by atoms with Gasteiger partial charge < -0.3 is 9.84 Å². The smallest absolute Gasteiger partial charge is 0.416 e. The molecule has 0 fully saturated rings. The van der Waals surface area contributed by atoms with Gasteiger partial charge in [-0.1, -0.05) is 6.07 Å². The second-order valence-electron chi connectivity index (χ2n) is 4.82. The van der Waals surface area contributed by atoms with Crippen molar-refractivity contribution in [2.24, 2.45) is 5.10 Å². The lowest BCUT2D eigenvalue weighted by molar-refractivity contribution is -0.137. The predicted octanol–water partition coefficient (Wildman–Crippen LogP) is 3.95. The SMILES string of the molecule is COc1cc(C=NNC(=O)c2cccc(C(F)(F)F)c2)c(Br)cc1O. The van der Waals surface area contributed by atoms with Gasteiger partial charge in [-0.3, -0.25) is 4.79 Å². The third-order valence-corrected chi connectivity index (χ3v) is 3.81. The number of nitrogens with zero attached hydrogens (tertiary/aromatic N) is 1. The topological polar surface area (TPSA) is 70.9 Å². The van der Waals surface area contributed by atoms with E-state index in [4.69, 9.17) is 4.74 Å². The van der Waals surface area contributed by atoms with Crippen LogP contribution in [0, 0.1) is 0 Å². The normalized spacial score (nSPS) is 11.6. The van der Waals surface area contributed by atoms with Gasteiger partial charge in [0.15, 0.2) is 11.5 Å². The van der Waals surface area contributed by atoms with Crippen molar-refractivity contribution in [3.63, 3.8) is 0 Å². The zero-order valence-corrected chi connectivity index (χ0v) is 14.4. The number of aromatic hydroxyl groups is 1. The number of carbonyl (C=O) groups is 1. The molecule has 0 radical (unpaired) electrons. The summed E-state index contributed by atoms with van der Waals surface area (Å²) >= 11 is 3.21. The van der Waals surface area contributed by atoms with Gasteiger partial charge in [0.05, 0.1) is 18.9 Å².